The molecular weight excluding hydrogens is 517 g/mol. The molecule has 2 heterocycles. The first-order valence-corrected chi connectivity index (χ1v) is 11.2. The Morgan fingerprint density at radius 2 is 2.07 bits per heavy atom. The van der Waals surface area contributed by atoms with Crippen LogP contribution >= 0.6 is 35.3 Å². The lowest BCUT2D eigenvalue weighted by Gasteiger charge is -2.32. The van der Waals surface area contributed by atoms with Crippen LogP contribution < -0.4 is 15.4 Å². The van der Waals surface area contributed by atoms with Crippen LogP contribution in [0.25, 0.3) is 0 Å². The smallest absolute Gasteiger partial charge is 0.409 e. The summed E-state index contributed by atoms with van der Waals surface area (Å²) in [6, 6.07) is 3.48. The van der Waals surface area contributed by atoms with E-state index in [0.717, 1.165) is 12.8 Å². The monoisotopic (exact) mass is 545 g/mol. The van der Waals surface area contributed by atoms with E-state index in [2.05, 4.69) is 20.3 Å². The fourth-order valence-corrected chi connectivity index (χ4v) is 4.73. The van der Waals surface area contributed by atoms with Gasteiger partial charge in [0, 0.05) is 39.3 Å². The number of piperidine rings is 1. The van der Waals surface area contributed by atoms with Gasteiger partial charge in [-0.25, -0.2) is 17.9 Å². The number of halogens is 1. The summed E-state index contributed by atoms with van der Waals surface area (Å²) in [5, 5.41) is 8.13. The molecule has 160 valence electrons. The number of nitrogens with zero attached hydrogens (tertiary/aromatic N) is 2. The number of guanidine groups is 1. The first-order valence-electron chi connectivity index (χ1n) is 8.88. The van der Waals surface area contributed by atoms with Gasteiger partial charge in [0.2, 0.25) is 10.0 Å². The third kappa shape index (κ3) is 7.72. The topological polar surface area (TPSA) is 112 Å². The highest BCUT2D eigenvalue weighted by atomic mass is 127. The third-order valence-corrected chi connectivity index (χ3v) is 6.91. The van der Waals surface area contributed by atoms with Gasteiger partial charge < -0.3 is 20.3 Å². The average molecular weight is 545 g/mol. The Morgan fingerprint density at radius 1 is 1.36 bits per heavy atom. The van der Waals surface area contributed by atoms with Crippen molar-refractivity contribution in [3.05, 3.63) is 17.5 Å². The zero-order chi connectivity index (χ0) is 19.7. The van der Waals surface area contributed by atoms with E-state index >= 15 is 0 Å². The summed E-state index contributed by atoms with van der Waals surface area (Å²) in [6.45, 7) is 4.10. The summed E-state index contributed by atoms with van der Waals surface area (Å²) in [5.41, 5.74) is 0. The molecule has 0 radical (unpaired) electrons. The SMILES string of the molecule is CCOC(=O)N1CCC(NC(=NC)NCCNS(=O)(=O)c2cccs2)CC1.I. The van der Waals surface area contributed by atoms with Crippen LogP contribution in [-0.4, -0.2) is 71.2 Å². The molecule has 1 aromatic heterocycles. The second-order valence-corrected chi connectivity index (χ2v) is 8.87. The molecule has 28 heavy (non-hydrogen) atoms. The van der Waals surface area contributed by atoms with Gasteiger partial charge in [0.05, 0.1) is 6.61 Å². The van der Waals surface area contributed by atoms with E-state index < -0.39 is 10.0 Å². The minimum absolute atomic E-state index is 0. The molecular formula is C16H28IN5O4S2. The number of carbonyl (C=O) groups excluding carboxylic acids is 1. The number of nitrogens with one attached hydrogen (secondary N) is 3. The molecule has 0 unspecified atom stereocenters. The van der Waals surface area contributed by atoms with Crippen LogP contribution in [0.3, 0.4) is 0 Å². The van der Waals surface area contributed by atoms with Crippen LogP contribution in [0.5, 0.6) is 0 Å². The van der Waals surface area contributed by atoms with E-state index in [9.17, 15) is 13.2 Å². The maximum absolute atomic E-state index is 12.0. The molecule has 1 saturated heterocycles. The zero-order valence-corrected chi connectivity index (χ0v) is 20.0. The fraction of sp³-hybridized carbons (Fsp3) is 0.625. The average Bonchev–Trinajstić information content (AvgIpc) is 3.20. The Bertz CT molecular complexity index is 719. The maximum atomic E-state index is 12.0. The maximum Gasteiger partial charge on any atom is 0.409 e. The van der Waals surface area contributed by atoms with Crippen molar-refractivity contribution in [3.8, 4) is 0 Å². The highest BCUT2D eigenvalue weighted by Crippen LogP contribution is 2.14. The van der Waals surface area contributed by atoms with Gasteiger partial charge in [0.25, 0.3) is 0 Å². The number of likely N-dealkylation sites (tertiary alicyclic amines) is 1. The van der Waals surface area contributed by atoms with Crippen molar-refractivity contribution >= 4 is 57.4 Å². The Hall–Kier alpha value is -1.12. The largest absolute Gasteiger partial charge is 0.450 e. The number of sulfonamides is 1. The van der Waals surface area contributed by atoms with Crippen LogP contribution in [0.15, 0.2) is 26.7 Å². The number of hydrogen-bond acceptors (Lipinski definition) is 6. The molecule has 0 saturated carbocycles. The van der Waals surface area contributed by atoms with E-state index in [1.807, 2.05) is 0 Å². The quantitative estimate of drug-likeness (QED) is 0.207. The van der Waals surface area contributed by atoms with Gasteiger partial charge in [-0.1, -0.05) is 6.07 Å². The van der Waals surface area contributed by atoms with Crippen LogP contribution in [0, 0.1) is 0 Å². The van der Waals surface area contributed by atoms with Gasteiger partial charge in [0.1, 0.15) is 4.21 Å². The highest BCUT2D eigenvalue weighted by Gasteiger charge is 2.24. The summed E-state index contributed by atoms with van der Waals surface area (Å²) in [6.07, 6.45) is 1.33. The Labute approximate surface area is 187 Å². The van der Waals surface area contributed by atoms with E-state index in [4.69, 9.17) is 4.74 Å². The molecule has 12 heteroatoms. The van der Waals surface area contributed by atoms with Crippen molar-refractivity contribution in [2.45, 2.75) is 30.0 Å². The molecule has 1 amide bonds. The number of hydrogen-bond donors (Lipinski definition) is 3. The van der Waals surface area contributed by atoms with E-state index in [-0.39, 0.29) is 42.7 Å². The minimum Gasteiger partial charge on any atom is -0.450 e. The Kier molecular flexibility index (Phi) is 11.1. The molecule has 1 aromatic rings. The first kappa shape index (κ1) is 24.9. The molecule has 9 nitrogen and oxygen atoms in total. The lowest BCUT2D eigenvalue weighted by molar-refractivity contribution is 0.0963. The third-order valence-electron chi connectivity index (χ3n) is 4.05. The van der Waals surface area contributed by atoms with Crippen molar-refractivity contribution in [1.82, 2.24) is 20.3 Å². The first-order chi connectivity index (χ1) is 13.0. The number of amides is 1. The summed E-state index contributed by atoms with van der Waals surface area (Å²) >= 11 is 1.18. The number of ether oxygens (including phenoxy) is 1. The molecule has 0 bridgehead atoms. The Balaban J connectivity index is 0.00000392. The van der Waals surface area contributed by atoms with Gasteiger partial charge in [0.15, 0.2) is 5.96 Å². The zero-order valence-electron chi connectivity index (χ0n) is 16.0. The second-order valence-electron chi connectivity index (χ2n) is 5.93. The minimum atomic E-state index is -3.45. The molecule has 3 N–H and O–H groups in total. The van der Waals surface area contributed by atoms with Gasteiger partial charge in [-0.3, -0.25) is 4.99 Å². The molecule has 2 rings (SSSR count). The number of aliphatic imine (C=N–C) groups is 1. The lowest BCUT2D eigenvalue weighted by Crippen LogP contribution is -2.50. The highest BCUT2D eigenvalue weighted by molar-refractivity contribution is 14.0. The molecule has 0 aliphatic carbocycles. The van der Waals surface area contributed by atoms with Crippen LogP contribution in [-0.2, 0) is 14.8 Å². The van der Waals surface area contributed by atoms with E-state index in [1.165, 1.54) is 11.3 Å². The molecule has 0 aromatic carbocycles. The number of thiophene rings is 1. The van der Waals surface area contributed by atoms with Crippen LogP contribution in [0.2, 0.25) is 0 Å². The fourth-order valence-electron chi connectivity index (χ4n) is 2.66. The molecule has 1 fully saturated rings. The molecule has 1 aliphatic rings. The lowest BCUT2D eigenvalue weighted by atomic mass is 10.1. The molecule has 1 aliphatic heterocycles. The predicted molar refractivity (Wildman–Crippen MR) is 121 cm³/mol. The van der Waals surface area contributed by atoms with Crippen molar-refractivity contribution in [2.75, 3.05) is 39.8 Å². The summed E-state index contributed by atoms with van der Waals surface area (Å²) in [5.74, 6) is 0.611. The molecule has 0 atom stereocenters. The predicted octanol–water partition coefficient (Wildman–Crippen LogP) is 1.43. The van der Waals surface area contributed by atoms with Crippen molar-refractivity contribution in [2.24, 2.45) is 4.99 Å². The van der Waals surface area contributed by atoms with E-state index in [1.54, 1.807) is 36.4 Å². The van der Waals surface area contributed by atoms with Crippen LogP contribution in [0.4, 0.5) is 4.79 Å². The van der Waals surface area contributed by atoms with Crippen molar-refractivity contribution in [1.29, 1.82) is 0 Å². The van der Waals surface area contributed by atoms with E-state index in [0.29, 0.717) is 36.4 Å². The number of rotatable bonds is 7. The van der Waals surface area contributed by atoms with Crippen LogP contribution in [0.1, 0.15) is 19.8 Å². The van der Waals surface area contributed by atoms with Crippen molar-refractivity contribution < 1.29 is 17.9 Å². The summed E-state index contributed by atoms with van der Waals surface area (Å²) < 4.78 is 32.0. The number of carbonyl (C=O) groups is 1. The van der Waals surface area contributed by atoms with Gasteiger partial charge in [-0.05, 0) is 31.2 Å². The standard InChI is InChI=1S/C16H27N5O4S2.HI/c1-3-25-16(22)21-10-6-13(7-11-21)20-15(17-2)18-8-9-19-27(23,24)14-5-4-12-26-14;/h4-5,12-13,19H,3,6-11H2,1-2H3,(H2,17,18,20);1H. The summed E-state index contributed by atoms with van der Waals surface area (Å²) in [7, 11) is -1.78. The molecule has 0 spiro atoms. The van der Waals surface area contributed by atoms with Gasteiger partial charge >= 0.3 is 6.09 Å². The van der Waals surface area contributed by atoms with Gasteiger partial charge in [-0.15, -0.1) is 35.3 Å². The second kappa shape index (κ2) is 12.4. The van der Waals surface area contributed by atoms with Gasteiger partial charge in [-0.2, -0.15) is 0 Å². The Morgan fingerprint density at radius 3 is 2.64 bits per heavy atom. The van der Waals surface area contributed by atoms with Crippen molar-refractivity contribution in [3.63, 3.8) is 0 Å². The normalized spacial score (nSPS) is 15.6. The summed E-state index contributed by atoms with van der Waals surface area (Å²) in [4.78, 5) is 17.6.